The van der Waals surface area contributed by atoms with Crippen molar-refractivity contribution < 1.29 is 23.5 Å². The van der Waals surface area contributed by atoms with Crippen LogP contribution in [0.3, 0.4) is 0 Å². The van der Waals surface area contributed by atoms with Crippen LogP contribution in [-0.2, 0) is 19.1 Å². The zero-order chi connectivity index (χ0) is 21.5. The van der Waals surface area contributed by atoms with E-state index in [9.17, 15) is 14.0 Å². The van der Waals surface area contributed by atoms with Gasteiger partial charge in [-0.2, -0.15) is 0 Å². The summed E-state index contributed by atoms with van der Waals surface area (Å²) in [6, 6.07) is 7.46. The van der Waals surface area contributed by atoms with Crippen LogP contribution in [0.25, 0.3) is 0 Å². The number of nitrogens with zero attached hydrogens (tertiary/aromatic N) is 2. The highest BCUT2D eigenvalue weighted by molar-refractivity contribution is 6.11. The molecule has 1 saturated heterocycles. The number of amides is 1. The van der Waals surface area contributed by atoms with Gasteiger partial charge in [0.1, 0.15) is 12.3 Å². The second-order valence-corrected chi connectivity index (χ2v) is 9.05. The first-order valence-corrected chi connectivity index (χ1v) is 11.3. The summed E-state index contributed by atoms with van der Waals surface area (Å²) in [5, 5.41) is 0. The van der Waals surface area contributed by atoms with Crippen LogP contribution >= 0.6 is 0 Å². The minimum Gasteiger partial charge on any atom is -0.483 e. The van der Waals surface area contributed by atoms with Crippen LogP contribution < -0.4 is 0 Å². The zero-order valence-corrected chi connectivity index (χ0v) is 17.9. The van der Waals surface area contributed by atoms with Crippen molar-refractivity contribution >= 4 is 11.7 Å². The fourth-order valence-electron chi connectivity index (χ4n) is 5.26. The summed E-state index contributed by atoms with van der Waals surface area (Å²) in [6.45, 7) is 6.28. The van der Waals surface area contributed by atoms with Crippen molar-refractivity contribution in [3.05, 3.63) is 46.7 Å². The molecule has 4 atom stereocenters. The number of ether oxygens (including phenoxy) is 2. The van der Waals surface area contributed by atoms with Crippen molar-refractivity contribution in [1.29, 1.82) is 0 Å². The molecule has 5 rings (SSSR count). The maximum Gasteiger partial charge on any atom is 0.290 e. The van der Waals surface area contributed by atoms with E-state index >= 15 is 0 Å². The van der Waals surface area contributed by atoms with E-state index in [1.54, 1.807) is 4.90 Å². The van der Waals surface area contributed by atoms with Crippen molar-refractivity contribution in [2.24, 2.45) is 5.92 Å². The van der Waals surface area contributed by atoms with Crippen LogP contribution in [0.1, 0.15) is 36.4 Å². The Kier molecular flexibility index (Phi) is 5.56. The molecule has 166 valence electrons. The van der Waals surface area contributed by atoms with Gasteiger partial charge in [0.2, 0.25) is 0 Å². The number of benzene rings is 1. The molecule has 1 saturated carbocycles. The molecular formula is C24H29FN2O4. The first-order valence-electron chi connectivity index (χ1n) is 11.3. The minimum atomic E-state index is -0.983. The molecule has 1 amide bonds. The molecule has 0 N–H and O–H groups in total. The predicted octanol–water partition coefficient (Wildman–Crippen LogP) is 2.57. The van der Waals surface area contributed by atoms with Gasteiger partial charge in [-0.3, -0.25) is 14.5 Å². The van der Waals surface area contributed by atoms with Crippen LogP contribution in [0.4, 0.5) is 4.39 Å². The number of hydrogen-bond acceptors (Lipinski definition) is 5. The lowest BCUT2D eigenvalue weighted by Gasteiger charge is -2.36. The van der Waals surface area contributed by atoms with E-state index in [0.29, 0.717) is 44.7 Å². The van der Waals surface area contributed by atoms with Gasteiger partial charge in [-0.15, -0.1) is 0 Å². The van der Waals surface area contributed by atoms with E-state index < -0.39 is 18.1 Å². The number of Topliss-reactive ketones (excluding diaryl/α,β-unsaturated/α-hetero) is 1. The maximum atomic E-state index is 14.1. The summed E-state index contributed by atoms with van der Waals surface area (Å²) in [5.41, 5.74) is 2.43. The Bertz CT molecular complexity index is 893. The second kappa shape index (κ2) is 8.36. The molecule has 1 aromatic carbocycles. The lowest BCUT2D eigenvalue weighted by Crippen LogP contribution is -2.43. The van der Waals surface area contributed by atoms with Gasteiger partial charge in [0.15, 0.2) is 11.5 Å². The Balaban J connectivity index is 1.47. The normalized spacial score (nSPS) is 31.5. The summed E-state index contributed by atoms with van der Waals surface area (Å²) in [7, 11) is 0. The molecule has 4 unspecified atom stereocenters. The smallest absolute Gasteiger partial charge is 0.290 e. The highest BCUT2D eigenvalue weighted by Crippen LogP contribution is 2.47. The van der Waals surface area contributed by atoms with E-state index in [4.69, 9.17) is 9.47 Å². The number of aryl methyl sites for hydroxylation is 1. The van der Waals surface area contributed by atoms with Crippen LogP contribution in [0.15, 0.2) is 35.6 Å². The number of morpholine rings is 1. The second-order valence-electron chi connectivity index (χ2n) is 9.05. The Labute approximate surface area is 182 Å². The highest BCUT2D eigenvalue weighted by atomic mass is 19.1. The van der Waals surface area contributed by atoms with Crippen molar-refractivity contribution in [3.63, 3.8) is 0 Å². The Morgan fingerprint density at radius 2 is 1.81 bits per heavy atom. The van der Waals surface area contributed by atoms with Crippen LogP contribution in [0, 0.1) is 12.8 Å². The Morgan fingerprint density at radius 1 is 1.06 bits per heavy atom. The lowest BCUT2D eigenvalue weighted by atomic mass is 9.77. The van der Waals surface area contributed by atoms with Gasteiger partial charge < -0.3 is 14.4 Å². The number of carbonyl (C=O) groups is 2. The first kappa shape index (κ1) is 20.6. The van der Waals surface area contributed by atoms with Crippen LogP contribution in [0.5, 0.6) is 0 Å². The molecule has 0 spiro atoms. The third-order valence-electron chi connectivity index (χ3n) is 7.03. The molecule has 0 bridgehead atoms. The fourth-order valence-corrected chi connectivity index (χ4v) is 5.26. The molecular weight excluding hydrogens is 399 g/mol. The van der Waals surface area contributed by atoms with Crippen LogP contribution in [-0.4, -0.2) is 73.2 Å². The number of alkyl halides is 1. The fraction of sp³-hybridized carbons (Fsp3) is 0.583. The molecule has 7 heteroatoms. The van der Waals surface area contributed by atoms with Crippen molar-refractivity contribution in [2.75, 3.05) is 39.4 Å². The molecule has 3 heterocycles. The number of carbonyl (C=O) groups excluding carboxylic acids is 2. The van der Waals surface area contributed by atoms with Crippen molar-refractivity contribution in [1.82, 2.24) is 9.80 Å². The quantitative estimate of drug-likeness (QED) is 0.738. The van der Waals surface area contributed by atoms with Crippen molar-refractivity contribution in [3.8, 4) is 0 Å². The van der Waals surface area contributed by atoms with E-state index in [2.05, 4.69) is 4.90 Å². The van der Waals surface area contributed by atoms with E-state index in [1.807, 2.05) is 31.2 Å². The van der Waals surface area contributed by atoms with Gasteiger partial charge in [0.25, 0.3) is 5.91 Å². The number of hydrogen-bond donors (Lipinski definition) is 0. The number of fused-ring (bicyclic) bond motifs is 1. The molecule has 1 aromatic rings. The van der Waals surface area contributed by atoms with Gasteiger partial charge >= 0.3 is 0 Å². The molecule has 31 heavy (non-hydrogen) atoms. The molecule has 0 aromatic heterocycles. The number of rotatable bonds is 4. The largest absolute Gasteiger partial charge is 0.483 e. The number of ketones is 1. The highest BCUT2D eigenvalue weighted by Gasteiger charge is 2.52. The van der Waals surface area contributed by atoms with E-state index in [1.165, 1.54) is 0 Å². The third-order valence-corrected chi connectivity index (χ3v) is 7.03. The summed E-state index contributed by atoms with van der Waals surface area (Å²) >= 11 is 0. The average molecular weight is 429 g/mol. The molecule has 0 radical (unpaired) electrons. The third kappa shape index (κ3) is 3.78. The monoisotopic (exact) mass is 428 g/mol. The van der Waals surface area contributed by atoms with E-state index in [0.717, 1.165) is 24.2 Å². The van der Waals surface area contributed by atoms with Gasteiger partial charge in [-0.05, 0) is 31.7 Å². The average Bonchev–Trinajstić information content (AvgIpc) is 3.06. The SMILES string of the molecule is Cc1ccc(C2C3=C(OC4CCC(F)CC4C3=O)C(=O)N2CCN2CCOCC2)cc1. The summed E-state index contributed by atoms with van der Waals surface area (Å²) < 4.78 is 25.6. The molecule has 1 aliphatic carbocycles. The Morgan fingerprint density at radius 3 is 2.55 bits per heavy atom. The lowest BCUT2D eigenvalue weighted by molar-refractivity contribution is -0.136. The predicted molar refractivity (Wildman–Crippen MR) is 112 cm³/mol. The van der Waals surface area contributed by atoms with Gasteiger partial charge in [-0.1, -0.05) is 29.8 Å². The topological polar surface area (TPSA) is 59.1 Å². The van der Waals surface area contributed by atoms with Gasteiger partial charge in [-0.25, -0.2) is 4.39 Å². The summed E-state index contributed by atoms with van der Waals surface area (Å²) in [6.07, 6.45) is -0.329. The minimum absolute atomic E-state index is 0.110. The molecule has 2 fully saturated rings. The number of halogens is 1. The van der Waals surface area contributed by atoms with Gasteiger partial charge in [0.05, 0.1) is 30.7 Å². The van der Waals surface area contributed by atoms with Crippen LogP contribution in [0.2, 0.25) is 0 Å². The molecule has 4 aliphatic rings. The summed E-state index contributed by atoms with van der Waals surface area (Å²) in [4.78, 5) is 31.0. The first-order chi connectivity index (χ1) is 15.0. The Hall–Kier alpha value is -2.25. The van der Waals surface area contributed by atoms with Crippen molar-refractivity contribution in [2.45, 2.75) is 44.5 Å². The molecule has 6 nitrogen and oxygen atoms in total. The van der Waals surface area contributed by atoms with E-state index in [-0.39, 0.29) is 30.0 Å². The molecule has 3 aliphatic heterocycles. The van der Waals surface area contributed by atoms with Gasteiger partial charge in [0, 0.05) is 26.2 Å². The standard InChI is InChI=1S/C24H29FN2O4/c1-15-2-4-16(5-3-15)21-20-22(28)18-14-17(25)6-7-19(18)31-23(20)24(29)27(21)9-8-26-10-12-30-13-11-26/h2-5,17-19,21H,6-14H2,1H3. The summed E-state index contributed by atoms with van der Waals surface area (Å²) in [5.74, 6) is -0.636. The zero-order valence-electron chi connectivity index (χ0n) is 17.9. The maximum absolute atomic E-state index is 14.1.